The monoisotopic (exact) mass is 317 g/mol. The van der Waals surface area contributed by atoms with Gasteiger partial charge in [-0.15, -0.1) is 0 Å². The van der Waals surface area contributed by atoms with Gasteiger partial charge in [0.05, 0.1) is 17.6 Å². The first-order valence-corrected chi connectivity index (χ1v) is 8.76. The predicted octanol–water partition coefficient (Wildman–Crippen LogP) is 2.84. The first-order chi connectivity index (χ1) is 10.6. The molecule has 1 heterocycles. The fourth-order valence-corrected chi connectivity index (χ4v) is 4.14. The Morgan fingerprint density at radius 3 is 2.18 bits per heavy atom. The predicted molar refractivity (Wildman–Crippen MR) is 84.9 cm³/mol. The van der Waals surface area contributed by atoms with Crippen molar-refractivity contribution in [2.75, 3.05) is 13.2 Å². The van der Waals surface area contributed by atoms with Crippen molar-refractivity contribution in [3.05, 3.63) is 66.2 Å². The van der Waals surface area contributed by atoms with Crippen LogP contribution in [-0.4, -0.2) is 32.0 Å². The lowest BCUT2D eigenvalue weighted by molar-refractivity contribution is 0.295. The lowest BCUT2D eigenvalue weighted by atomic mass is 10.1. The molecule has 0 bridgehead atoms. The number of sulfonamides is 1. The van der Waals surface area contributed by atoms with E-state index < -0.39 is 10.0 Å². The van der Waals surface area contributed by atoms with Crippen LogP contribution in [0.4, 0.5) is 0 Å². The van der Waals surface area contributed by atoms with Crippen LogP contribution in [0, 0.1) is 0 Å². The number of hydrogen-bond acceptors (Lipinski definition) is 3. The van der Waals surface area contributed by atoms with Crippen molar-refractivity contribution in [1.82, 2.24) is 4.31 Å². The van der Waals surface area contributed by atoms with Crippen molar-refractivity contribution in [2.45, 2.75) is 24.0 Å². The van der Waals surface area contributed by atoms with Crippen LogP contribution in [0.5, 0.6) is 0 Å². The molecule has 116 valence electrons. The SMILES string of the molecule is C[C@H](c1ccccc1)N(C[C@@H]1CO1)S(=O)(=O)c1ccccc1. The lowest BCUT2D eigenvalue weighted by Crippen LogP contribution is -2.36. The minimum Gasteiger partial charge on any atom is -0.372 e. The number of rotatable bonds is 6. The standard InChI is InChI=1S/C17H19NO3S/c1-14(15-8-4-2-5-9-15)18(12-16-13-21-16)22(19,20)17-10-6-3-7-11-17/h2-11,14,16H,12-13H2,1H3/t14-,16-/m1/s1. The van der Waals surface area contributed by atoms with E-state index in [9.17, 15) is 8.42 Å². The Kier molecular flexibility index (Phi) is 4.29. The lowest BCUT2D eigenvalue weighted by Gasteiger charge is -2.28. The van der Waals surface area contributed by atoms with Gasteiger partial charge in [-0.05, 0) is 24.6 Å². The molecule has 0 amide bonds. The van der Waals surface area contributed by atoms with E-state index in [0.717, 1.165) is 5.56 Å². The van der Waals surface area contributed by atoms with E-state index in [1.807, 2.05) is 43.3 Å². The molecule has 1 saturated heterocycles. The van der Waals surface area contributed by atoms with Gasteiger partial charge < -0.3 is 4.74 Å². The van der Waals surface area contributed by atoms with Crippen LogP contribution < -0.4 is 0 Å². The van der Waals surface area contributed by atoms with Gasteiger partial charge in [0, 0.05) is 12.6 Å². The molecule has 0 aliphatic carbocycles. The average molecular weight is 317 g/mol. The summed E-state index contributed by atoms with van der Waals surface area (Å²) in [7, 11) is -3.55. The van der Waals surface area contributed by atoms with E-state index in [4.69, 9.17) is 4.74 Å². The average Bonchev–Trinajstić information content (AvgIpc) is 3.38. The second kappa shape index (κ2) is 6.20. The first-order valence-electron chi connectivity index (χ1n) is 7.32. The molecule has 0 aromatic heterocycles. The number of nitrogens with zero attached hydrogens (tertiary/aromatic N) is 1. The Hall–Kier alpha value is -1.69. The molecule has 2 aromatic rings. The number of ether oxygens (including phenoxy) is 1. The summed E-state index contributed by atoms with van der Waals surface area (Å²) in [6.07, 6.45) is 0.00431. The smallest absolute Gasteiger partial charge is 0.243 e. The van der Waals surface area contributed by atoms with E-state index in [2.05, 4.69) is 0 Å². The Labute approximate surface area is 131 Å². The molecular formula is C17H19NO3S. The summed E-state index contributed by atoms with van der Waals surface area (Å²) in [5.74, 6) is 0. The summed E-state index contributed by atoms with van der Waals surface area (Å²) in [6.45, 7) is 2.92. The molecule has 0 saturated carbocycles. The maximum absolute atomic E-state index is 13.0. The maximum atomic E-state index is 13.0. The van der Waals surface area contributed by atoms with Gasteiger partial charge in [0.2, 0.25) is 10.0 Å². The normalized spacial score (nSPS) is 19.1. The molecular weight excluding hydrogens is 298 g/mol. The molecule has 1 aliphatic heterocycles. The molecule has 0 N–H and O–H groups in total. The van der Waals surface area contributed by atoms with E-state index in [1.54, 1.807) is 24.3 Å². The van der Waals surface area contributed by atoms with Gasteiger partial charge in [-0.3, -0.25) is 0 Å². The van der Waals surface area contributed by atoms with Crippen molar-refractivity contribution in [3.63, 3.8) is 0 Å². The van der Waals surface area contributed by atoms with Gasteiger partial charge in [-0.25, -0.2) is 8.42 Å². The molecule has 1 fully saturated rings. The molecule has 4 nitrogen and oxygen atoms in total. The third-order valence-corrected chi connectivity index (χ3v) is 5.80. The quantitative estimate of drug-likeness (QED) is 0.770. The van der Waals surface area contributed by atoms with Gasteiger partial charge in [-0.2, -0.15) is 4.31 Å². The van der Waals surface area contributed by atoms with Crippen molar-refractivity contribution < 1.29 is 13.2 Å². The van der Waals surface area contributed by atoms with Crippen LogP contribution in [-0.2, 0) is 14.8 Å². The summed E-state index contributed by atoms with van der Waals surface area (Å²) in [4.78, 5) is 0.318. The van der Waals surface area contributed by atoms with Crippen molar-refractivity contribution in [3.8, 4) is 0 Å². The zero-order valence-electron chi connectivity index (χ0n) is 12.4. The maximum Gasteiger partial charge on any atom is 0.243 e. The van der Waals surface area contributed by atoms with Crippen LogP contribution >= 0.6 is 0 Å². The van der Waals surface area contributed by atoms with E-state index >= 15 is 0 Å². The highest BCUT2D eigenvalue weighted by atomic mass is 32.2. The van der Waals surface area contributed by atoms with Gasteiger partial charge in [0.1, 0.15) is 0 Å². The molecule has 0 radical (unpaired) electrons. The van der Waals surface area contributed by atoms with Crippen molar-refractivity contribution in [2.24, 2.45) is 0 Å². The van der Waals surface area contributed by atoms with Gasteiger partial charge in [0.15, 0.2) is 0 Å². The van der Waals surface area contributed by atoms with Gasteiger partial charge in [0.25, 0.3) is 0 Å². The van der Waals surface area contributed by atoms with Crippen LogP contribution in [0.1, 0.15) is 18.5 Å². The Bertz CT molecular complexity index is 712. The largest absolute Gasteiger partial charge is 0.372 e. The highest BCUT2D eigenvalue weighted by molar-refractivity contribution is 7.89. The van der Waals surface area contributed by atoms with Crippen LogP contribution in [0.15, 0.2) is 65.6 Å². The van der Waals surface area contributed by atoms with Gasteiger partial charge >= 0.3 is 0 Å². The van der Waals surface area contributed by atoms with Crippen LogP contribution in [0.3, 0.4) is 0 Å². The second-order valence-corrected chi connectivity index (χ2v) is 7.32. The minimum absolute atomic E-state index is 0.00431. The number of benzene rings is 2. The third-order valence-electron chi connectivity index (χ3n) is 3.85. The number of hydrogen-bond donors (Lipinski definition) is 0. The molecule has 2 aromatic carbocycles. The fourth-order valence-electron chi connectivity index (χ4n) is 2.46. The topological polar surface area (TPSA) is 49.9 Å². The molecule has 22 heavy (non-hydrogen) atoms. The molecule has 0 spiro atoms. The van der Waals surface area contributed by atoms with Gasteiger partial charge in [-0.1, -0.05) is 48.5 Å². The zero-order valence-corrected chi connectivity index (χ0v) is 13.2. The van der Waals surface area contributed by atoms with Crippen LogP contribution in [0.25, 0.3) is 0 Å². The zero-order chi connectivity index (χ0) is 15.6. The van der Waals surface area contributed by atoms with E-state index in [1.165, 1.54) is 4.31 Å². The highest BCUT2D eigenvalue weighted by Crippen LogP contribution is 2.29. The van der Waals surface area contributed by atoms with Crippen LogP contribution in [0.2, 0.25) is 0 Å². The molecule has 2 atom stereocenters. The fraction of sp³-hybridized carbons (Fsp3) is 0.294. The van der Waals surface area contributed by atoms with E-state index in [0.29, 0.717) is 18.0 Å². The number of epoxide rings is 1. The molecule has 1 aliphatic rings. The van der Waals surface area contributed by atoms with Crippen molar-refractivity contribution in [1.29, 1.82) is 0 Å². The summed E-state index contributed by atoms with van der Waals surface area (Å²) >= 11 is 0. The summed E-state index contributed by atoms with van der Waals surface area (Å²) < 4.78 is 32.7. The van der Waals surface area contributed by atoms with Crippen molar-refractivity contribution >= 4 is 10.0 Å². The molecule has 5 heteroatoms. The third kappa shape index (κ3) is 3.21. The summed E-state index contributed by atoms with van der Waals surface area (Å²) in [6, 6.07) is 18.0. The molecule has 3 rings (SSSR count). The first kappa shape index (κ1) is 15.2. The highest BCUT2D eigenvalue weighted by Gasteiger charge is 2.36. The second-order valence-electron chi connectivity index (χ2n) is 5.43. The Balaban J connectivity index is 1.96. The molecule has 0 unspecified atom stereocenters. The Morgan fingerprint density at radius 1 is 1.09 bits per heavy atom. The van der Waals surface area contributed by atoms with E-state index in [-0.39, 0.29) is 12.1 Å². The summed E-state index contributed by atoms with van der Waals surface area (Å²) in [5.41, 5.74) is 0.975. The Morgan fingerprint density at radius 2 is 1.64 bits per heavy atom. The summed E-state index contributed by atoms with van der Waals surface area (Å²) in [5, 5.41) is 0. The minimum atomic E-state index is -3.55.